The molecule has 0 aromatic heterocycles. The molecule has 0 spiro atoms. The zero-order chi connectivity index (χ0) is 16.2. The van der Waals surface area contributed by atoms with E-state index in [1.807, 2.05) is 24.3 Å². The quantitative estimate of drug-likeness (QED) is 0.855. The highest BCUT2D eigenvalue weighted by Crippen LogP contribution is 2.35. The van der Waals surface area contributed by atoms with Crippen LogP contribution in [-0.2, 0) is 4.79 Å². The molecule has 1 aliphatic heterocycles. The molecule has 0 saturated heterocycles. The monoisotopic (exact) mass is 330 g/mol. The molecule has 0 unspecified atom stereocenters. The molecule has 0 radical (unpaired) electrons. The number of nitrogens with two attached hydrogens (primary N) is 1. The smallest absolute Gasteiger partial charge is 0.225 e. The van der Waals surface area contributed by atoms with Crippen LogP contribution in [0.2, 0.25) is 0 Å². The largest absolute Gasteiger partial charge is 0.370 e. The Morgan fingerprint density at radius 3 is 2.70 bits per heavy atom. The molecule has 3 rings (SSSR count). The number of benzene rings is 2. The van der Waals surface area contributed by atoms with Crippen molar-refractivity contribution in [2.24, 2.45) is 5.73 Å². The van der Waals surface area contributed by atoms with Gasteiger partial charge in [0, 0.05) is 29.4 Å². The Morgan fingerprint density at radius 2 is 1.96 bits per heavy atom. The van der Waals surface area contributed by atoms with Crippen molar-refractivity contribution in [3.8, 4) is 0 Å². The van der Waals surface area contributed by atoms with Crippen LogP contribution in [0, 0.1) is 5.82 Å². The predicted molar refractivity (Wildman–Crippen MR) is 92.3 cm³/mol. The minimum absolute atomic E-state index is 0.188. The van der Waals surface area contributed by atoms with E-state index in [0.29, 0.717) is 0 Å². The first-order valence-corrected chi connectivity index (χ1v) is 8.65. The number of hydrogen-bond acceptors (Lipinski definition) is 3. The lowest BCUT2D eigenvalue weighted by atomic mass is 9.89. The molecule has 1 aliphatic rings. The summed E-state index contributed by atoms with van der Waals surface area (Å²) in [6, 6.07) is 14.5. The summed E-state index contributed by atoms with van der Waals surface area (Å²) < 4.78 is 12.9. The van der Waals surface area contributed by atoms with Gasteiger partial charge in [0.2, 0.25) is 5.91 Å². The van der Waals surface area contributed by atoms with Gasteiger partial charge < -0.3 is 10.6 Å². The van der Waals surface area contributed by atoms with Gasteiger partial charge in [0.15, 0.2) is 0 Å². The molecule has 5 heteroatoms. The highest BCUT2D eigenvalue weighted by Gasteiger charge is 2.27. The Balaban J connectivity index is 1.65. The lowest BCUT2D eigenvalue weighted by Crippen LogP contribution is -2.36. The highest BCUT2D eigenvalue weighted by atomic mass is 32.2. The van der Waals surface area contributed by atoms with Crippen LogP contribution in [0.4, 0.5) is 10.1 Å². The molecular formula is C18H19FN2OS. The van der Waals surface area contributed by atoms with Crippen molar-refractivity contribution in [3.05, 3.63) is 59.9 Å². The second-order valence-electron chi connectivity index (χ2n) is 5.59. The molecule has 2 aromatic carbocycles. The Kier molecular flexibility index (Phi) is 4.86. The Bertz CT molecular complexity index is 690. The summed E-state index contributed by atoms with van der Waals surface area (Å²) in [5.41, 5.74) is 7.65. The molecule has 120 valence electrons. The van der Waals surface area contributed by atoms with E-state index in [1.54, 1.807) is 23.9 Å². The number of rotatable bonds is 5. The average molecular weight is 330 g/mol. The van der Waals surface area contributed by atoms with Gasteiger partial charge in [-0.05, 0) is 42.3 Å². The molecule has 1 atom stereocenters. The fraction of sp³-hybridized carbons (Fsp3) is 0.278. The Labute approximate surface area is 139 Å². The van der Waals surface area contributed by atoms with Crippen LogP contribution < -0.4 is 10.6 Å². The third-order valence-corrected chi connectivity index (χ3v) is 5.12. The summed E-state index contributed by atoms with van der Waals surface area (Å²) >= 11 is 1.70. The van der Waals surface area contributed by atoms with E-state index >= 15 is 0 Å². The van der Waals surface area contributed by atoms with Gasteiger partial charge in [-0.15, -0.1) is 11.8 Å². The molecule has 0 saturated carbocycles. The van der Waals surface area contributed by atoms with Crippen molar-refractivity contribution >= 4 is 23.4 Å². The first-order chi connectivity index (χ1) is 11.1. The number of para-hydroxylation sites is 1. The van der Waals surface area contributed by atoms with Crippen molar-refractivity contribution in [3.63, 3.8) is 0 Å². The van der Waals surface area contributed by atoms with Gasteiger partial charge in [-0.3, -0.25) is 4.79 Å². The van der Waals surface area contributed by atoms with Crippen molar-refractivity contribution < 1.29 is 9.18 Å². The number of nitrogens with zero attached hydrogens (tertiary/aromatic N) is 1. The van der Waals surface area contributed by atoms with E-state index in [2.05, 4.69) is 4.90 Å². The molecule has 0 bridgehead atoms. The zero-order valence-electron chi connectivity index (χ0n) is 12.7. The lowest BCUT2D eigenvalue weighted by Gasteiger charge is -2.34. The van der Waals surface area contributed by atoms with Gasteiger partial charge in [-0.1, -0.05) is 18.2 Å². The summed E-state index contributed by atoms with van der Waals surface area (Å²) in [5.74, 6) is 0.253. The standard InChI is InChI=1S/C18H19FN2OS/c19-13-5-7-14(8-6-13)23-12-11-21-10-9-16(18(20)22)15-3-1-2-4-17(15)21/h1-8,16H,9-12H2,(H2,20,22)/t16-/m0/s1. The number of anilines is 1. The van der Waals surface area contributed by atoms with Crippen molar-refractivity contribution in [1.29, 1.82) is 0 Å². The summed E-state index contributed by atoms with van der Waals surface area (Å²) in [5, 5.41) is 0. The van der Waals surface area contributed by atoms with E-state index in [1.165, 1.54) is 12.1 Å². The molecule has 23 heavy (non-hydrogen) atoms. The normalized spacial score (nSPS) is 16.9. The van der Waals surface area contributed by atoms with Crippen LogP contribution in [0.5, 0.6) is 0 Å². The number of halogens is 1. The summed E-state index contributed by atoms with van der Waals surface area (Å²) in [7, 11) is 0. The van der Waals surface area contributed by atoms with E-state index < -0.39 is 0 Å². The van der Waals surface area contributed by atoms with Crippen LogP contribution in [0.1, 0.15) is 17.9 Å². The Hall–Kier alpha value is -2.01. The maximum absolute atomic E-state index is 12.9. The number of thioether (sulfide) groups is 1. The second-order valence-corrected chi connectivity index (χ2v) is 6.76. The summed E-state index contributed by atoms with van der Waals surface area (Å²) in [4.78, 5) is 15.0. The van der Waals surface area contributed by atoms with Gasteiger partial charge in [-0.25, -0.2) is 4.39 Å². The van der Waals surface area contributed by atoms with Crippen molar-refractivity contribution in [2.45, 2.75) is 17.2 Å². The third-order valence-electron chi connectivity index (χ3n) is 4.13. The van der Waals surface area contributed by atoms with Gasteiger partial charge in [0.25, 0.3) is 0 Å². The number of amides is 1. The molecule has 2 N–H and O–H groups in total. The van der Waals surface area contributed by atoms with E-state index in [-0.39, 0.29) is 17.6 Å². The number of hydrogen-bond donors (Lipinski definition) is 1. The lowest BCUT2D eigenvalue weighted by molar-refractivity contribution is -0.119. The van der Waals surface area contributed by atoms with Crippen molar-refractivity contribution in [2.75, 3.05) is 23.7 Å². The van der Waals surface area contributed by atoms with Gasteiger partial charge in [0.05, 0.1) is 5.92 Å². The van der Waals surface area contributed by atoms with Gasteiger partial charge in [0.1, 0.15) is 5.82 Å². The maximum Gasteiger partial charge on any atom is 0.225 e. The molecule has 0 aliphatic carbocycles. The SMILES string of the molecule is NC(=O)[C@H]1CCN(CCSc2ccc(F)cc2)c2ccccc21. The molecule has 2 aromatic rings. The maximum atomic E-state index is 12.9. The molecule has 0 fully saturated rings. The van der Waals surface area contributed by atoms with E-state index in [4.69, 9.17) is 5.73 Å². The topological polar surface area (TPSA) is 46.3 Å². The average Bonchev–Trinajstić information content (AvgIpc) is 2.56. The van der Waals surface area contributed by atoms with Gasteiger partial charge >= 0.3 is 0 Å². The molecule has 1 heterocycles. The first-order valence-electron chi connectivity index (χ1n) is 7.66. The fourth-order valence-electron chi connectivity index (χ4n) is 2.96. The Morgan fingerprint density at radius 1 is 1.22 bits per heavy atom. The molecule has 1 amide bonds. The van der Waals surface area contributed by atoms with Crippen LogP contribution in [-0.4, -0.2) is 24.7 Å². The van der Waals surface area contributed by atoms with E-state index in [9.17, 15) is 9.18 Å². The number of carbonyl (C=O) groups is 1. The molecule has 3 nitrogen and oxygen atoms in total. The van der Waals surface area contributed by atoms with Crippen molar-refractivity contribution in [1.82, 2.24) is 0 Å². The minimum atomic E-state index is -0.252. The highest BCUT2D eigenvalue weighted by molar-refractivity contribution is 7.99. The fourth-order valence-corrected chi connectivity index (χ4v) is 3.84. The van der Waals surface area contributed by atoms with Crippen LogP contribution in [0.3, 0.4) is 0 Å². The molecular weight excluding hydrogens is 311 g/mol. The summed E-state index contributed by atoms with van der Waals surface area (Å²) in [6.07, 6.45) is 0.758. The van der Waals surface area contributed by atoms with Crippen LogP contribution >= 0.6 is 11.8 Å². The van der Waals surface area contributed by atoms with Gasteiger partial charge in [-0.2, -0.15) is 0 Å². The summed E-state index contributed by atoms with van der Waals surface area (Å²) in [6.45, 7) is 1.71. The third kappa shape index (κ3) is 3.67. The minimum Gasteiger partial charge on any atom is -0.370 e. The zero-order valence-corrected chi connectivity index (χ0v) is 13.6. The van der Waals surface area contributed by atoms with Crippen LogP contribution in [0.25, 0.3) is 0 Å². The first kappa shape index (κ1) is 15.9. The van der Waals surface area contributed by atoms with Crippen LogP contribution in [0.15, 0.2) is 53.4 Å². The predicted octanol–water partition coefficient (Wildman–Crippen LogP) is 3.40. The van der Waals surface area contributed by atoms with E-state index in [0.717, 1.165) is 41.4 Å². The number of carbonyl (C=O) groups excluding carboxylic acids is 1. The number of primary amides is 1. The second kappa shape index (κ2) is 7.04. The number of fused-ring (bicyclic) bond motifs is 1.